The summed E-state index contributed by atoms with van der Waals surface area (Å²) in [4.78, 5) is 22.6. The Balaban J connectivity index is 1.60. The summed E-state index contributed by atoms with van der Waals surface area (Å²) >= 11 is 6.13. The molecule has 0 saturated heterocycles. The van der Waals surface area contributed by atoms with Crippen molar-refractivity contribution in [3.05, 3.63) is 88.7 Å². The Morgan fingerprint density at radius 2 is 1.69 bits per heavy atom. The summed E-state index contributed by atoms with van der Waals surface area (Å²) in [6, 6.07) is 17.4. The Hall–Kier alpha value is -2.92. The molecule has 132 valence electrons. The third-order valence-corrected chi connectivity index (χ3v) is 4.27. The number of hydrogen-bond acceptors (Lipinski definition) is 4. The molecule has 1 aromatic heterocycles. The van der Waals surface area contributed by atoms with Crippen molar-refractivity contribution in [3.8, 4) is 0 Å². The van der Waals surface area contributed by atoms with Gasteiger partial charge in [0.25, 0.3) is 5.91 Å². The van der Waals surface area contributed by atoms with E-state index in [1.807, 2.05) is 54.6 Å². The molecule has 0 fully saturated rings. The van der Waals surface area contributed by atoms with Crippen molar-refractivity contribution in [1.29, 1.82) is 0 Å². The first kappa shape index (κ1) is 17.9. The van der Waals surface area contributed by atoms with Crippen molar-refractivity contribution in [2.75, 3.05) is 12.4 Å². The zero-order chi connectivity index (χ0) is 18.4. The van der Waals surface area contributed by atoms with Crippen molar-refractivity contribution in [1.82, 2.24) is 14.9 Å². The molecule has 1 amide bonds. The molecule has 0 aliphatic heterocycles. The van der Waals surface area contributed by atoms with Crippen LogP contribution in [0, 0.1) is 0 Å². The second kappa shape index (κ2) is 8.45. The van der Waals surface area contributed by atoms with Gasteiger partial charge in [-0.2, -0.15) is 0 Å². The normalized spacial score (nSPS) is 10.4. The maximum absolute atomic E-state index is 12.5. The Kier molecular flexibility index (Phi) is 5.81. The van der Waals surface area contributed by atoms with Crippen molar-refractivity contribution in [2.45, 2.75) is 13.1 Å². The minimum absolute atomic E-state index is 0.119. The number of amides is 1. The summed E-state index contributed by atoms with van der Waals surface area (Å²) in [5, 5.41) is 3.79. The van der Waals surface area contributed by atoms with Gasteiger partial charge in [0.15, 0.2) is 0 Å². The second-order valence-electron chi connectivity index (χ2n) is 5.89. The van der Waals surface area contributed by atoms with Crippen LogP contribution in [0.25, 0.3) is 0 Å². The maximum atomic E-state index is 12.5. The molecule has 3 aromatic rings. The lowest BCUT2D eigenvalue weighted by Gasteiger charge is -2.17. The molecule has 26 heavy (non-hydrogen) atoms. The van der Waals surface area contributed by atoms with E-state index in [2.05, 4.69) is 15.3 Å². The van der Waals surface area contributed by atoms with E-state index in [9.17, 15) is 4.79 Å². The van der Waals surface area contributed by atoms with Gasteiger partial charge >= 0.3 is 0 Å². The number of aromatic nitrogens is 2. The molecule has 0 bridgehead atoms. The first-order valence-corrected chi connectivity index (χ1v) is 8.60. The number of carbonyl (C=O) groups excluding carboxylic acids is 1. The van der Waals surface area contributed by atoms with Crippen LogP contribution in [0.3, 0.4) is 0 Å². The SMILES string of the molecule is CN(Cc1ccccc1)C(=O)c1cnc(NCc2ccccc2Cl)nc1. The van der Waals surface area contributed by atoms with Gasteiger partial charge < -0.3 is 10.2 Å². The standard InChI is InChI=1S/C20H19ClN4O/c1-25(14-15-7-3-2-4-8-15)19(26)17-12-23-20(24-13-17)22-11-16-9-5-6-10-18(16)21/h2-10,12-13H,11,14H2,1H3,(H,22,23,24). The number of nitrogens with one attached hydrogen (secondary N) is 1. The van der Waals surface area contributed by atoms with E-state index >= 15 is 0 Å². The zero-order valence-electron chi connectivity index (χ0n) is 14.4. The molecule has 0 spiro atoms. The van der Waals surface area contributed by atoms with Crippen LogP contribution in [0.5, 0.6) is 0 Å². The number of benzene rings is 2. The zero-order valence-corrected chi connectivity index (χ0v) is 15.1. The van der Waals surface area contributed by atoms with Crippen molar-refractivity contribution < 1.29 is 4.79 Å². The second-order valence-corrected chi connectivity index (χ2v) is 6.29. The number of halogens is 1. The van der Waals surface area contributed by atoms with Crippen molar-refractivity contribution >= 4 is 23.5 Å². The minimum Gasteiger partial charge on any atom is -0.350 e. The fourth-order valence-corrected chi connectivity index (χ4v) is 2.70. The molecule has 2 aromatic carbocycles. The Bertz CT molecular complexity index is 868. The number of carbonyl (C=O) groups is 1. The minimum atomic E-state index is -0.119. The van der Waals surface area contributed by atoms with Gasteiger partial charge in [0.05, 0.1) is 5.56 Å². The van der Waals surface area contributed by atoms with E-state index in [4.69, 9.17) is 11.6 Å². The van der Waals surface area contributed by atoms with E-state index < -0.39 is 0 Å². The molecule has 3 rings (SSSR count). The molecular weight excluding hydrogens is 348 g/mol. The van der Waals surface area contributed by atoms with E-state index in [1.165, 1.54) is 12.4 Å². The van der Waals surface area contributed by atoms with Gasteiger partial charge in [0, 0.05) is 37.6 Å². The van der Waals surface area contributed by atoms with Crippen molar-refractivity contribution in [2.24, 2.45) is 0 Å². The summed E-state index contributed by atoms with van der Waals surface area (Å²) in [7, 11) is 1.76. The van der Waals surface area contributed by atoms with Crippen LogP contribution in [0.15, 0.2) is 67.0 Å². The molecule has 0 aliphatic rings. The van der Waals surface area contributed by atoms with E-state index in [0.29, 0.717) is 29.6 Å². The van der Waals surface area contributed by atoms with Crippen LogP contribution >= 0.6 is 11.6 Å². The Morgan fingerprint density at radius 3 is 2.38 bits per heavy atom. The van der Waals surface area contributed by atoms with Gasteiger partial charge in [-0.25, -0.2) is 9.97 Å². The predicted octanol–water partition coefficient (Wildman–Crippen LogP) is 4.01. The van der Waals surface area contributed by atoms with Gasteiger partial charge in [-0.15, -0.1) is 0 Å². The lowest BCUT2D eigenvalue weighted by atomic mass is 10.2. The summed E-state index contributed by atoms with van der Waals surface area (Å²) in [5.74, 6) is 0.332. The van der Waals surface area contributed by atoms with E-state index in [-0.39, 0.29) is 5.91 Å². The highest BCUT2D eigenvalue weighted by Crippen LogP contribution is 2.16. The number of hydrogen-bond donors (Lipinski definition) is 1. The highest BCUT2D eigenvalue weighted by molar-refractivity contribution is 6.31. The largest absolute Gasteiger partial charge is 0.350 e. The van der Waals surface area contributed by atoms with Crippen molar-refractivity contribution in [3.63, 3.8) is 0 Å². The van der Waals surface area contributed by atoms with Gasteiger partial charge in [0.2, 0.25) is 5.95 Å². The molecule has 1 N–H and O–H groups in total. The highest BCUT2D eigenvalue weighted by Gasteiger charge is 2.13. The summed E-state index contributed by atoms with van der Waals surface area (Å²) < 4.78 is 0. The third-order valence-electron chi connectivity index (χ3n) is 3.90. The van der Waals surface area contributed by atoms with Crippen LogP contribution < -0.4 is 5.32 Å². The lowest BCUT2D eigenvalue weighted by Crippen LogP contribution is -2.26. The molecule has 0 aliphatic carbocycles. The smallest absolute Gasteiger partial charge is 0.257 e. The van der Waals surface area contributed by atoms with Crippen LogP contribution in [0.1, 0.15) is 21.5 Å². The average molecular weight is 367 g/mol. The first-order valence-electron chi connectivity index (χ1n) is 8.22. The topological polar surface area (TPSA) is 58.1 Å². The molecule has 0 unspecified atom stereocenters. The fourth-order valence-electron chi connectivity index (χ4n) is 2.50. The van der Waals surface area contributed by atoms with Gasteiger partial charge in [0.1, 0.15) is 0 Å². The summed E-state index contributed by atoms with van der Waals surface area (Å²) in [6.45, 7) is 1.05. The maximum Gasteiger partial charge on any atom is 0.257 e. The molecule has 0 atom stereocenters. The molecule has 0 saturated carbocycles. The number of rotatable bonds is 6. The summed E-state index contributed by atoms with van der Waals surface area (Å²) in [5.41, 5.74) is 2.48. The molecule has 5 nitrogen and oxygen atoms in total. The quantitative estimate of drug-likeness (QED) is 0.716. The molecule has 0 radical (unpaired) electrons. The number of anilines is 1. The first-order chi connectivity index (χ1) is 12.6. The van der Waals surface area contributed by atoms with Crippen LogP contribution in [-0.2, 0) is 13.1 Å². The Morgan fingerprint density at radius 1 is 1.04 bits per heavy atom. The Labute approximate surface area is 157 Å². The van der Waals surface area contributed by atoms with Gasteiger partial charge in [-0.05, 0) is 17.2 Å². The van der Waals surface area contributed by atoms with Crippen LogP contribution in [-0.4, -0.2) is 27.8 Å². The molecule has 1 heterocycles. The third kappa shape index (κ3) is 4.58. The lowest BCUT2D eigenvalue weighted by molar-refractivity contribution is 0.0784. The predicted molar refractivity (Wildman–Crippen MR) is 103 cm³/mol. The van der Waals surface area contributed by atoms with Gasteiger partial charge in [-0.1, -0.05) is 60.1 Å². The molecule has 6 heteroatoms. The molecular formula is C20H19ClN4O. The van der Waals surface area contributed by atoms with Gasteiger partial charge in [-0.3, -0.25) is 4.79 Å². The van der Waals surface area contributed by atoms with E-state index in [1.54, 1.807) is 11.9 Å². The summed E-state index contributed by atoms with van der Waals surface area (Å²) in [6.07, 6.45) is 3.07. The average Bonchev–Trinajstić information content (AvgIpc) is 2.68. The van der Waals surface area contributed by atoms with Crippen LogP contribution in [0.2, 0.25) is 5.02 Å². The highest BCUT2D eigenvalue weighted by atomic mass is 35.5. The van der Waals surface area contributed by atoms with E-state index in [0.717, 1.165) is 11.1 Å². The fraction of sp³-hybridized carbons (Fsp3) is 0.150. The number of nitrogens with zero attached hydrogens (tertiary/aromatic N) is 3. The van der Waals surface area contributed by atoms with Crippen LogP contribution in [0.4, 0.5) is 5.95 Å². The monoisotopic (exact) mass is 366 g/mol.